The molecule has 1 atom stereocenters. The molecule has 1 unspecified atom stereocenters. The Labute approximate surface area is 174 Å². The van der Waals surface area contributed by atoms with E-state index in [1.807, 2.05) is 12.1 Å². The molecular weight excluding hydrogens is 387 g/mol. The van der Waals surface area contributed by atoms with Crippen molar-refractivity contribution in [2.75, 3.05) is 13.1 Å². The molecule has 1 fully saturated rings. The van der Waals surface area contributed by atoms with E-state index in [9.17, 15) is 9.18 Å². The normalized spacial score (nSPS) is 16.8. The Hall–Kier alpha value is -3.00. The largest absolute Gasteiger partial charge is 0.467 e. The van der Waals surface area contributed by atoms with E-state index in [1.54, 1.807) is 25.3 Å². The molecule has 0 radical (unpaired) electrons. The summed E-state index contributed by atoms with van der Waals surface area (Å²) < 4.78 is 24.3. The van der Waals surface area contributed by atoms with Crippen LogP contribution < -0.4 is 5.32 Å². The summed E-state index contributed by atoms with van der Waals surface area (Å²) in [6.45, 7) is 3.79. The first-order valence-electron chi connectivity index (χ1n) is 10.2. The summed E-state index contributed by atoms with van der Waals surface area (Å²) in [6.07, 6.45) is 4.86. The van der Waals surface area contributed by atoms with Crippen molar-refractivity contribution < 1.29 is 18.1 Å². The molecule has 0 aliphatic carbocycles. The number of nitrogens with one attached hydrogen (secondary N) is 1. The van der Waals surface area contributed by atoms with Gasteiger partial charge in [-0.15, -0.1) is 0 Å². The van der Waals surface area contributed by atoms with Gasteiger partial charge >= 0.3 is 0 Å². The second-order valence-electron chi connectivity index (χ2n) is 7.57. The molecule has 1 saturated heterocycles. The van der Waals surface area contributed by atoms with Gasteiger partial charge in [0.15, 0.2) is 0 Å². The first-order valence-corrected chi connectivity index (χ1v) is 10.2. The molecule has 1 N–H and O–H groups in total. The number of carbonyl (C=O) groups excluding carboxylic acids is 1. The molecule has 4 rings (SSSR count). The zero-order valence-electron chi connectivity index (χ0n) is 16.9. The number of amides is 1. The van der Waals surface area contributed by atoms with Crippen molar-refractivity contribution >= 4 is 5.91 Å². The molecular formula is C22H25FN4O3. The Balaban J connectivity index is 1.27. The number of rotatable bonds is 8. The van der Waals surface area contributed by atoms with E-state index in [1.165, 1.54) is 6.07 Å². The van der Waals surface area contributed by atoms with Crippen LogP contribution in [0.25, 0.3) is 11.4 Å². The van der Waals surface area contributed by atoms with Gasteiger partial charge < -0.3 is 14.3 Å². The maximum atomic E-state index is 13.8. The summed E-state index contributed by atoms with van der Waals surface area (Å²) in [4.78, 5) is 19.1. The molecule has 0 saturated carbocycles. The van der Waals surface area contributed by atoms with E-state index in [2.05, 4.69) is 20.4 Å². The lowest BCUT2D eigenvalue weighted by Gasteiger charge is -2.23. The highest BCUT2D eigenvalue weighted by Gasteiger charge is 2.30. The molecule has 3 heterocycles. The van der Waals surface area contributed by atoms with Crippen molar-refractivity contribution in [2.24, 2.45) is 0 Å². The Morgan fingerprint density at radius 1 is 1.37 bits per heavy atom. The SMILES string of the molecule is Cc1ccc(-c2noc(CCCN3CCCC3C(=O)NCc3ccco3)n2)cc1F. The first-order chi connectivity index (χ1) is 14.6. The molecule has 30 heavy (non-hydrogen) atoms. The van der Waals surface area contributed by atoms with Crippen LogP contribution in [0.3, 0.4) is 0 Å². The summed E-state index contributed by atoms with van der Waals surface area (Å²) in [5, 5.41) is 6.91. The molecule has 8 heteroatoms. The predicted octanol–water partition coefficient (Wildman–Crippen LogP) is 3.49. The van der Waals surface area contributed by atoms with Gasteiger partial charge in [0.05, 0.1) is 18.8 Å². The van der Waals surface area contributed by atoms with Gasteiger partial charge in [-0.2, -0.15) is 4.98 Å². The third kappa shape index (κ3) is 4.76. The van der Waals surface area contributed by atoms with Crippen molar-refractivity contribution in [3.63, 3.8) is 0 Å². The van der Waals surface area contributed by atoms with Crippen LogP contribution in [-0.4, -0.2) is 40.1 Å². The van der Waals surface area contributed by atoms with Gasteiger partial charge in [-0.1, -0.05) is 17.3 Å². The Kier molecular flexibility index (Phi) is 6.23. The number of carbonyl (C=O) groups is 1. The number of hydrogen-bond acceptors (Lipinski definition) is 6. The Morgan fingerprint density at radius 2 is 2.27 bits per heavy atom. The van der Waals surface area contributed by atoms with Crippen molar-refractivity contribution in [3.05, 3.63) is 59.6 Å². The number of aryl methyl sites for hydroxylation is 2. The van der Waals surface area contributed by atoms with E-state index in [0.717, 1.165) is 38.1 Å². The van der Waals surface area contributed by atoms with Gasteiger partial charge in [0.1, 0.15) is 11.6 Å². The molecule has 1 aliphatic heterocycles. The van der Waals surface area contributed by atoms with Crippen molar-refractivity contribution in [1.29, 1.82) is 0 Å². The fourth-order valence-corrected chi connectivity index (χ4v) is 3.73. The number of benzene rings is 1. The standard InChI is InChI=1S/C22H25FN4O3/c1-15-8-9-16(13-18(15)23)21-25-20(30-26-21)7-3-11-27-10-2-6-19(27)22(28)24-14-17-5-4-12-29-17/h4-5,8-9,12-13,19H,2-3,6-7,10-11,14H2,1H3,(H,24,28). The molecule has 1 aliphatic rings. The van der Waals surface area contributed by atoms with Gasteiger partial charge in [-0.25, -0.2) is 4.39 Å². The monoisotopic (exact) mass is 412 g/mol. The minimum atomic E-state index is -0.288. The molecule has 2 aromatic heterocycles. The topological polar surface area (TPSA) is 84.4 Å². The van der Waals surface area contributed by atoms with Gasteiger partial charge in [-0.3, -0.25) is 9.69 Å². The van der Waals surface area contributed by atoms with Crippen LogP contribution in [0.4, 0.5) is 4.39 Å². The smallest absolute Gasteiger partial charge is 0.237 e. The fraction of sp³-hybridized carbons (Fsp3) is 0.409. The summed E-state index contributed by atoms with van der Waals surface area (Å²) >= 11 is 0. The van der Waals surface area contributed by atoms with E-state index in [4.69, 9.17) is 8.94 Å². The lowest BCUT2D eigenvalue weighted by molar-refractivity contribution is -0.125. The second-order valence-corrected chi connectivity index (χ2v) is 7.57. The summed E-state index contributed by atoms with van der Waals surface area (Å²) in [7, 11) is 0. The average Bonchev–Trinajstić information content (AvgIpc) is 3.50. The quantitative estimate of drug-likeness (QED) is 0.610. The highest BCUT2D eigenvalue weighted by atomic mass is 19.1. The number of hydrogen-bond donors (Lipinski definition) is 1. The third-order valence-electron chi connectivity index (χ3n) is 5.42. The molecule has 158 valence electrons. The third-order valence-corrected chi connectivity index (χ3v) is 5.42. The van der Waals surface area contributed by atoms with Crippen molar-refractivity contribution in [3.8, 4) is 11.4 Å². The number of halogens is 1. The van der Waals surface area contributed by atoms with Crippen LogP contribution in [0.5, 0.6) is 0 Å². The van der Waals surface area contributed by atoms with Crippen LogP contribution in [0, 0.1) is 12.7 Å². The van der Waals surface area contributed by atoms with E-state index in [0.29, 0.717) is 35.8 Å². The van der Waals surface area contributed by atoms with Gasteiger partial charge in [0, 0.05) is 12.0 Å². The summed E-state index contributed by atoms with van der Waals surface area (Å²) in [5.74, 6) is 1.40. The minimum absolute atomic E-state index is 0.0328. The highest BCUT2D eigenvalue weighted by molar-refractivity contribution is 5.81. The Morgan fingerprint density at radius 3 is 3.07 bits per heavy atom. The lowest BCUT2D eigenvalue weighted by atomic mass is 10.1. The Bertz CT molecular complexity index is 986. The van der Waals surface area contributed by atoms with Crippen molar-refractivity contribution in [2.45, 2.75) is 45.2 Å². The summed E-state index contributed by atoms with van der Waals surface area (Å²) in [6, 6.07) is 8.43. The van der Waals surface area contributed by atoms with Gasteiger partial charge in [0.2, 0.25) is 17.6 Å². The van der Waals surface area contributed by atoms with Crippen LogP contribution in [0.15, 0.2) is 45.5 Å². The highest BCUT2D eigenvalue weighted by Crippen LogP contribution is 2.21. The zero-order valence-corrected chi connectivity index (χ0v) is 16.9. The predicted molar refractivity (Wildman–Crippen MR) is 108 cm³/mol. The number of aromatic nitrogens is 2. The number of nitrogens with zero attached hydrogens (tertiary/aromatic N) is 3. The van der Waals surface area contributed by atoms with Gasteiger partial charge in [0.25, 0.3) is 0 Å². The maximum absolute atomic E-state index is 13.8. The maximum Gasteiger partial charge on any atom is 0.237 e. The first kappa shape index (κ1) is 20.3. The van der Waals surface area contributed by atoms with E-state index in [-0.39, 0.29) is 17.8 Å². The molecule has 3 aromatic rings. The van der Waals surface area contributed by atoms with E-state index < -0.39 is 0 Å². The lowest BCUT2D eigenvalue weighted by Crippen LogP contribution is -2.43. The number of likely N-dealkylation sites (tertiary alicyclic amines) is 1. The zero-order chi connectivity index (χ0) is 20.9. The van der Waals surface area contributed by atoms with Crippen LogP contribution in [-0.2, 0) is 17.8 Å². The van der Waals surface area contributed by atoms with Crippen LogP contribution in [0.1, 0.15) is 36.5 Å². The van der Waals surface area contributed by atoms with Crippen LogP contribution >= 0.6 is 0 Å². The fourth-order valence-electron chi connectivity index (χ4n) is 3.73. The molecule has 1 amide bonds. The molecule has 0 spiro atoms. The number of furan rings is 1. The molecule has 1 aromatic carbocycles. The summed E-state index contributed by atoms with van der Waals surface area (Å²) in [5.41, 5.74) is 1.18. The van der Waals surface area contributed by atoms with Gasteiger partial charge in [-0.05, 0) is 63.0 Å². The molecule has 0 bridgehead atoms. The van der Waals surface area contributed by atoms with Crippen LogP contribution in [0.2, 0.25) is 0 Å². The average molecular weight is 412 g/mol. The minimum Gasteiger partial charge on any atom is -0.467 e. The van der Waals surface area contributed by atoms with E-state index >= 15 is 0 Å². The van der Waals surface area contributed by atoms with Crippen molar-refractivity contribution in [1.82, 2.24) is 20.4 Å². The second kappa shape index (κ2) is 9.21. The molecule has 7 nitrogen and oxygen atoms in total.